The van der Waals surface area contributed by atoms with Gasteiger partial charge in [-0.2, -0.15) is 0 Å². The molecule has 10 aromatic carbocycles. The molecule has 0 amide bonds. The highest BCUT2D eigenvalue weighted by atomic mass is 16.4. The summed E-state index contributed by atoms with van der Waals surface area (Å²) >= 11 is 0. The van der Waals surface area contributed by atoms with Crippen LogP contribution in [0.4, 0.5) is 34.1 Å². The predicted octanol–water partition coefficient (Wildman–Crippen LogP) is 24.8. The molecule has 0 N–H and O–H groups in total. The maximum atomic E-state index is 6.56. The zero-order valence-electron chi connectivity index (χ0n) is 60.3. The summed E-state index contributed by atoms with van der Waals surface area (Å²) in [5.74, 6) is 0.906. The number of rotatable bonds is 16. The van der Waals surface area contributed by atoms with Gasteiger partial charge in [-0.1, -0.05) is 284 Å². The second-order valence-electron chi connectivity index (χ2n) is 32.7. The quantitative estimate of drug-likeness (QED) is 0.0965. The average Bonchev–Trinajstić information content (AvgIpc) is 0.817. The van der Waals surface area contributed by atoms with E-state index < -0.39 is 0 Å². The molecule has 0 atom stereocenters. The van der Waals surface area contributed by atoms with Gasteiger partial charge >= 0.3 is 0 Å². The van der Waals surface area contributed by atoms with Crippen LogP contribution >= 0.6 is 0 Å². The maximum absolute atomic E-state index is 6.56. The first kappa shape index (κ1) is 67.4. The van der Waals surface area contributed by atoms with Crippen molar-refractivity contribution in [3.63, 3.8) is 0 Å². The van der Waals surface area contributed by atoms with Crippen molar-refractivity contribution in [2.45, 2.75) is 182 Å². The second kappa shape index (κ2) is 25.3. The molecule has 11 aromatic rings. The van der Waals surface area contributed by atoms with Crippen molar-refractivity contribution in [1.29, 1.82) is 0 Å². The third-order valence-electron chi connectivity index (χ3n) is 20.4. The van der Waals surface area contributed by atoms with E-state index in [-0.39, 0.29) is 43.3 Å². The molecule has 1 heterocycles. The van der Waals surface area contributed by atoms with E-state index in [1.165, 1.54) is 66.8 Å². The third kappa shape index (κ3) is 14.0. The monoisotopic (exact) mass is 1250 g/mol. The summed E-state index contributed by atoms with van der Waals surface area (Å²) in [6, 6.07) is 90.0. The Bertz CT molecular complexity index is 3870. The van der Waals surface area contributed by atoms with Gasteiger partial charge in [0.15, 0.2) is 0 Å². The lowest BCUT2D eigenvalue weighted by molar-refractivity contribution is 0.584. The van der Waals surface area contributed by atoms with Crippen LogP contribution in [0.1, 0.15) is 205 Å². The highest BCUT2D eigenvalue weighted by molar-refractivity contribution is 5.80. The Kier molecular flexibility index (Phi) is 17.9. The Balaban J connectivity index is 0.884. The van der Waals surface area contributed by atoms with E-state index in [1.54, 1.807) is 0 Å². The van der Waals surface area contributed by atoms with Crippen LogP contribution < -0.4 is 9.80 Å². The van der Waals surface area contributed by atoms with E-state index in [1.807, 2.05) is 0 Å². The molecular formula is C90H100N4O. The van der Waals surface area contributed by atoms with Gasteiger partial charge in [-0.3, -0.25) is 0 Å². The van der Waals surface area contributed by atoms with E-state index in [4.69, 9.17) is 4.42 Å². The van der Waals surface area contributed by atoms with Crippen LogP contribution in [-0.2, 0) is 43.3 Å². The number of benzene rings is 10. The summed E-state index contributed by atoms with van der Waals surface area (Å²) in [6.07, 6.45) is 0. The average molecular weight is 1250 g/mol. The standard InChI is InChI=1S/C90H100N4O/c1-83(2,3)63-25-33-67(34-26-63)87(13,14)71-41-53-77(54-42-71)93(78-55-43-72(44-56-78)88(15,16)68-35-27-64(28-36-68)84(4,5)6)75-49-21-61(22-50-75)81-91-92-82(95-81)62-23-51-76(52-24-62)94(79-57-45-73(46-58-79)89(17,18)69-37-29-65(30-38-69)85(7,8)9)80-59-47-74(48-60-80)90(19,20)70-39-31-66(32-40-70)86(10,11)12/h21-60H,1-20H3. The molecule has 0 bridgehead atoms. The normalized spacial score (nSPS) is 12.8. The summed E-state index contributed by atoms with van der Waals surface area (Å²) < 4.78 is 6.56. The van der Waals surface area contributed by atoms with Crippen molar-refractivity contribution in [1.82, 2.24) is 10.2 Å². The SMILES string of the molecule is CC(C)(C)c1ccc(C(C)(C)c2ccc(N(c3ccc(-c4nnc(-c5ccc(N(c6ccc(C(C)(C)c7ccc(C(C)(C)C)cc7)cc6)c6ccc(C(C)(C)c7ccc(C(C)(C)C)cc7)cc6)cc5)o4)cc3)c3ccc(C(C)(C)c4ccc(C(C)(C)C)cc4)cc3)cc2)cc1. The van der Waals surface area contributed by atoms with Gasteiger partial charge in [0.2, 0.25) is 11.8 Å². The maximum Gasteiger partial charge on any atom is 0.248 e. The van der Waals surface area contributed by atoms with Gasteiger partial charge in [-0.25, -0.2) is 0 Å². The molecule has 0 radical (unpaired) electrons. The molecule has 0 aliphatic carbocycles. The van der Waals surface area contributed by atoms with Crippen molar-refractivity contribution < 1.29 is 4.42 Å². The summed E-state index contributed by atoms with van der Waals surface area (Å²) in [6.45, 7) is 45.8. The molecule has 1 aromatic heterocycles. The van der Waals surface area contributed by atoms with Gasteiger partial charge in [-0.05, 0) is 185 Å². The van der Waals surface area contributed by atoms with Crippen molar-refractivity contribution in [3.8, 4) is 22.9 Å². The molecule has 0 fully saturated rings. The zero-order chi connectivity index (χ0) is 68.3. The van der Waals surface area contributed by atoms with E-state index in [2.05, 4.69) is 401 Å². The van der Waals surface area contributed by atoms with Crippen LogP contribution in [0.2, 0.25) is 0 Å². The Labute approximate surface area is 569 Å². The van der Waals surface area contributed by atoms with Crippen molar-refractivity contribution in [3.05, 3.63) is 309 Å². The molecule has 95 heavy (non-hydrogen) atoms. The third-order valence-corrected chi connectivity index (χ3v) is 20.4. The number of hydrogen-bond donors (Lipinski definition) is 0. The molecule has 0 unspecified atom stereocenters. The first-order valence-corrected chi connectivity index (χ1v) is 34.1. The van der Waals surface area contributed by atoms with E-state index in [0.29, 0.717) is 11.8 Å². The van der Waals surface area contributed by atoms with Crippen LogP contribution in [0.15, 0.2) is 247 Å². The smallest absolute Gasteiger partial charge is 0.248 e. The first-order valence-electron chi connectivity index (χ1n) is 34.1. The molecule has 5 heteroatoms. The molecule has 5 nitrogen and oxygen atoms in total. The van der Waals surface area contributed by atoms with Gasteiger partial charge in [-0.15, -0.1) is 10.2 Å². The lowest BCUT2D eigenvalue weighted by Gasteiger charge is -2.31. The Morgan fingerprint density at radius 2 is 0.326 bits per heavy atom. The summed E-state index contributed by atoms with van der Waals surface area (Å²) in [5.41, 5.74) is 23.0. The second-order valence-corrected chi connectivity index (χ2v) is 32.7. The predicted molar refractivity (Wildman–Crippen MR) is 404 cm³/mol. The Morgan fingerprint density at radius 1 is 0.189 bits per heavy atom. The van der Waals surface area contributed by atoms with Crippen molar-refractivity contribution in [2.24, 2.45) is 0 Å². The Morgan fingerprint density at radius 3 is 0.484 bits per heavy atom. The fourth-order valence-electron chi connectivity index (χ4n) is 13.2. The van der Waals surface area contributed by atoms with Crippen LogP contribution in [0.5, 0.6) is 0 Å². The summed E-state index contributed by atoms with van der Waals surface area (Å²) in [7, 11) is 0. The molecular weight excluding hydrogens is 1150 g/mol. The van der Waals surface area contributed by atoms with Gasteiger partial charge < -0.3 is 14.2 Å². The van der Waals surface area contributed by atoms with Crippen molar-refractivity contribution in [2.75, 3.05) is 9.80 Å². The van der Waals surface area contributed by atoms with E-state index >= 15 is 0 Å². The number of aromatic nitrogens is 2. The molecule has 11 rings (SSSR count). The van der Waals surface area contributed by atoms with E-state index in [9.17, 15) is 0 Å². The number of nitrogens with zero attached hydrogens (tertiary/aromatic N) is 4. The largest absolute Gasteiger partial charge is 0.416 e. The van der Waals surface area contributed by atoms with Crippen LogP contribution in [0.3, 0.4) is 0 Å². The van der Waals surface area contributed by atoms with Crippen molar-refractivity contribution >= 4 is 34.1 Å². The van der Waals surface area contributed by atoms with Crippen LogP contribution in [0, 0.1) is 0 Å². The molecule has 486 valence electrons. The number of anilines is 6. The minimum Gasteiger partial charge on any atom is -0.416 e. The topological polar surface area (TPSA) is 45.4 Å². The molecule has 0 saturated carbocycles. The van der Waals surface area contributed by atoms with Crippen LogP contribution in [0.25, 0.3) is 22.9 Å². The van der Waals surface area contributed by atoms with Gasteiger partial charge in [0.25, 0.3) is 0 Å². The van der Waals surface area contributed by atoms with Gasteiger partial charge in [0.05, 0.1) is 0 Å². The van der Waals surface area contributed by atoms with E-state index in [0.717, 1.165) is 45.3 Å². The minimum absolute atomic E-state index is 0.0909. The first-order chi connectivity index (χ1) is 44.6. The molecule has 0 saturated heterocycles. The fraction of sp³-hybridized carbons (Fsp3) is 0.311. The molecule has 0 spiro atoms. The zero-order valence-corrected chi connectivity index (χ0v) is 60.3. The van der Waals surface area contributed by atoms with Gasteiger partial charge in [0, 0.05) is 66.9 Å². The molecule has 0 aliphatic rings. The molecule has 0 aliphatic heterocycles. The minimum atomic E-state index is -0.206. The fourth-order valence-corrected chi connectivity index (χ4v) is 13.2. The lowest BCUT2D eigenvalue weighted by Crippen LogP contribution is -2.20. The van der Waals surface area contributed by atoms with Crippen LogP contribution in [-0.4, -0.2) is 10.2 Å². The summed E-state index contributed by atoms with van der Waals surface area (Å²) in [4.78, 5) is 4.67. The highest BCUT2D eigenvalue weighted by Crippen LogP contribution is 2.44. The summed E-state index contributed by atoms with van der Waals surface area (Å²) in [5, 5.41) is 9.29. The highest BCUT2D eigenvalue weighted by Gasteiger charge is 2.30. The Hall–Kier alpha value is -9.06. The lowest BCUT2D eigenvalue weighted by atomic mass is 9.76. The van der Waals surface area contributed by atoms with Gasteiger partial charge in [0.1, 0.15) is 0 Å². The number of hydrogen-bond acceptors (Lipinski definition) is 5.